The third-order valence-corrected chi connectivity index (χ3v) is 5.17. The van der Waals surface area contributed by atoms with E-state index in [2.05, 4.69) is 21.1 Å². The predicted octanol–water partition coefficient (Wildman–Crippen LogP) is 1.69. The van der Waals surface area contributed by atoms with Gasteiger partial charge in [-0.15, -0.1) is 0 Å². The molecule has 1 saturated heterocycles. The zero-order chi connectivity index (χ0) is 15.6. The van der Waals surface area contributed by atoms with Crippen LogP contribution in [0.4, 0.5) is 5.69 Å². The van der Waals surface area contributed by atoms with E-state index in [9.17, 15) is 8.42 Å². The zero-order valence-corrected chi connectivity index (χ0v) is 13.3. The van der Waals surface area contributed by atoms with Gasteiger partial charge in [0.15, 0.2) is 5.03 Å². The average molecular weight is 320 g/mol. The molecule has 1 fully saturated rings. The minimum absolute atomic E-state index is 0.0299. The maximum absolute atomic E-state index is 12.3. The van der Waals surface area contributed by atoms with Gasteiger partial charge in [-0.1, -0.05) is 12.1 Å². The van der Waals surface area contributed by atoms with Crippen molar-refractivity contribution in [2.24, 2.45) is 7.05 Å². The van der Waals surface area contributed by atoms with E-state index in [-0.39, 0.29) is 5.03 Å². The molecule has 0 unspecified atom stereocenters. The third-order valence-electron chi connectivity index (χ3n) is 3.91. The summed E-state index contributed by atoms with van der Waals surface area (Å²) in [6, 6.07) is 7.66. The lowest BCUT2D eigenvalue weighted by Crippen LogP contribution is -2.26. The van der Waals surface area contributed by atoms with Crippen LogP contribution in [0.25, 0.3) is 0 Å². The van der Waals surface area contributed by atoms with E-state index in [0.29, 0.717) is 11.6 Å². The molecule has 0 bridgehead atoms. The zero-order valence-electron chi connectivity index (χ0n) is 12.5. The molecule has 0 aliphatic carbocycles. The highest BCUT2D eigenvalue weighted by atomic mass is 32.2. The van der Waals surface area contributed by atoms with Crippen molar-refractivity contribution in [3.05, 3.63) is 42.4 Å². The van der Waals surface area contributed by atoms with Crippen molar-refractivity contribution < 1.29 is 8.42 Å². The Morgan fingerprint density at radius 1 is 1.32 bits per heavy atom. The summed E-state index contributed by atoms with van der Waals surface area (Å²) in [5.41, 5.74) is 1.77. The first-order chi connectivity index (χ1) is 10.5. The topological polar surface area (TPSA) is 76.0 Å². The first-order valence-corrected chi connectivity index (χ1v) is 8.84. The molecule has 2 aromatic rings. The number of sulfonamides is 1. The molecule has 1 aromatic heterocycles. The van der Waals surface area contributed by atoms with Crippen LogP contribution >= 0.6 is 0 Å². The van der Waals surface area contributed by atoms with Crippen LogP contribution < -0.4 is 10.0 Å². The molecular formula is C15H20N4O2S. The van der Waals surface area contributed by atoms with E-state index < -0.39 is 10.0 Å². The monoisotopic (exact) mass is 320 g/mol. The molecule has 118 valence electrons. The molecule has 6 nitrogen and oxygen atoms in total. The number of imidazole rings is 1. The fraction of sp³-hybridized carbons (Fsp3) is 0.400. The Kier molecular flexibility index (Phi) is 4.17. The van der Waals surface area contributed by atoms with Gasteiger partial charge in [0, 0.05) is 18.9 Å². The number of nitrogens with one attached hydrogen (secondary N) is 2. The molecule has 7 heteroatoms. The molecule has 0 saturated carbocycles. The highest BCUT2D eigenvalue weighted by molar-refractivity contribution is 7.92. The fourth-order valence-corrected chi connectivity index (χ4v) is 3.78. The van der Waals surface area contributed by atoms with E-state index in [1.54, 1.807) is 17.7 Å². The minimum atomic E-state index is -3.63. The number of anilines is 1. The second-order valence-corrected chi connectivity index (χ2v) is 7.26. The summed E-state index contributed by atoms with van der Waals surface area (Å²) in [6.45, 7) is 2.02. The summed E-state index contributed by atoms with van der Waals surface area (Å²) in [4.78, 5) is 3.90. The average Bonchev–Trinajstić information content (AvgIpc) is 2.96. The minimum Gasteiger partial charge on any atom is -0.339 e. The summed E-state index contributed by atoms with van der Waals surface area (Å²) in [5, 5.41) is 3.37. The van der Waals surface area contributed by atoms with Crippen LogP contribution in [0.3, 0.4) is 0 Å². The molecule has 3 rings (SSSR count). The Labute approximate surface area is 130 Å². The lowest BCUT2D eigenvalue weighted by Gasteiger charge is -2.23. The molecule has 2 heterocycles. The maximum Gasteiger partial charge on any atom is 0.280 e. The Morgan fingerprint density at radius 3 is 2.77 bits per heavy atom. The molecule has 22 heavy (non-hydrogen) atoms. The van der Waals surface area contributed by atoms with Gasteiger partial charge in [0.1, 0.15) is 0 Å². The first-order valence-electron chi connectivity index (χ1n) is 7.36. The van der Waals surface area contributed by atoms with Crippen molar-refractivity contribution in [3.63, 3.8) is 0 Å². The Balaban J connectivity index is 1.80. The Morgan fingerprint density at radius 2 is 2.09 bits per heavy atom. The van der Waals surface area contributed by atoms with Gasteiger partial charge in [0.25, 0.3) is 10.0 Å². The number of aryl methyl sites for hydroxylation is 1. The normalized spacial score (nSPS) is 16.6. The largest absolute Gasteiger partial charge is 0.339 e. The maximum atomic E-state index is 12.3. The summed E-state index contributed by atoms with van der Waals surface area (Å²) < 4.78 is 28.8. The Hall–Kier alpha value is -1.86. The lowest BCUT2D eigenvalue weighted by atomic mass is 9.90. The van der Waals surface area contributed by atoms with Crippen LogP contribution in [0.1, 0.15) is 24.3 Å². The van der Waals surface area contributed by atoms with Gasteiger partial charge < -0.3 is 9.88 Å². The summed E-state index contributed by atoms with van der Waals surface area (Å²) in [6.07, 6.45) is 5.12. The fourth-order valence-electron chi connectivity index (χ4n) is 2.75. The molecule has 0 spiro atoms. The van der Waals surface area contributed by atoms with Gasteiger partial charge in [-0.2, -0.15) is 8.42 Å². The van der Waals surface area contributed by atoms with Crippen LogP contribution in [-0.2, 0) is 17.1 Å². The van der Waals surface area contributed by atoms with E-state index in [0.717, 1.165) is 25.9 Å². The van der Waals surface area contributed by atoms with Crippen LogP contribution in [-0.4, -0.2) is 31.1 Å². The van der Waals surface area contributed by atoms with Gasteiger partial charge >= 0.3 is 0 Å². The number of hydrogen-bond acceptors (Lipinski definition) is 4. The number of nitrogens with zero attached hydrogens (tertiary/aromatic N) is 2. The molecule has 0 radical (unpaired) electrons. The van der Waals surface area contributed by atoms with Gasteiger partial charge in [0.05, 0.1) is 6.33 Å². The summed E-state index contributed by atoms with van der Waals surface area (Å²) in [5.74, 6) is 0.487. The van der Waals surface area contributed by atoms with Crippen molar-refractivity contribution in [1.82, 2.24) is 14.9 Å². The predicted molar refractivity (Wildman–Crippen MR) is 85.3 cm³/mol. The van der Waals surface area contributed by atoms with Crippen LogP contribution in [0.5, 0.6) is 0 Å². The third kappa shape index (κ3) is 3.31. The summed E-state index contributed by atoms with van der Waals surface area (Å²) in [7, 11) is -1.89. The quantitative estimate of drug-likeness (QED) is 0.899. The van der Waals surface area contributed by atoms with E-state index in [4.69, 9.17) is 0 Å². The molecular weight excluding hydrogens is 300 g/mol. The Bertz CT molecular complexity index is 748. The van der Waals surface area contributed by atoms with Crippen LogP contribution in [0.15, 0.2) is 41.8 Å². The number of rotatable bonds is 4. The molecule has 0 amide bonds. The highest BCUT2D eigenvalue weighted by Crippen LogP contribution is 2.27. The molecule has 2 N–H and O–H groups in total. The highest BCUT2D eigenvalue weighted by Gasteiger charge is 2.19. The molecule has 1 aliphatic heterocycles. The van der Waals surface area contributed by atoms with E-state index in [1.165, 1.54) is 18.1 Å². The van der Waals surface area contributed by atoms with Crippen molar-refractivity contribution in [1.29, 1.82) is 0 Å². The second-order valence-electron chi connectivity index (χ2n) is 5.63. The van der Waals surface area contributed by atoms with Gasteiger partial charge in [0.2, 0.25) is 0 Å². The lowest BCUT2D eigenvalue weighted by molar-refractivity contribution is 0.460. The first kappa shape index (κ1) is 15.1. The number of benzene rings is 1. The van der Waals surface area contributed by atoms with Crippen molar-refractivity contribution in [2.45, 2.75) is 23.8 Å². The van der Waals surface area contributed by atoms with Gasteiger partial charge in [-0.05, 0) is 49.5 Å². The smallest absolute Gasteiger partial charge is 0.280 e. The summed E-state index contributed by atoms with van der Waals surface area (Å²) >= 11 is 0. The van der Waals surface area contributed by atoms with Gasteiger partial charge in [-0.25, -0.2) is 4.98 Å². The SMILES string of the molecule is Cn1cnc(S(=O)(=O)Nc2cccc(C3CCNCC3)c2)c1. The molecule has 1 aromatic carbocycles. The number of hydrogen-bond donors (Lipinski definition) is 2. The standard InChI is InChI=1S/C15H20N4O2S/c1-19-10-15(17-11-19)22(20,21)18-14-4-2-3-13(9-14)12-5-7-16-8-6-12/h2-4,9-12,16,18H,5-8H2,1H3. The van der Waals surface area contributed by atoms with Gasteiger partial charge in [-0.3, -0.25) is 4.72 Å². The van der Waals surface area contributed by atoms with E-state index >= 15 is 0 Å². The molecule has 0 atom stereocenters. The van der Waals surface area contributed by atoms with Crippen LogP contribution in [0.2, 0.25) is 0 Å². The van der Waals surface area contributed by atoms with E-state index in [1.807, 2.05) is 12.1 Å². The number of aromatic nitrogens is 2. The number of piperidine rings is 1. The van der Waals surface area contributed by atoms with Crippen molar-refractivity contribution in [2.75, 3.05) is 17.8 Å². The molecule has 1 aliphatic rings. The van der Waals surface area contributed by atoms with Crippen molar-refractivity contribution in [3.8, 4) is 0 Å². The second kappa shape index (κ2) is 6.10. The van der Waals surface area contributed by atoms with Crippen LogP contribution in [0, 0.1) is 0 Å². The van der Waals surface area contributed by atoms with Crippen molar-refractivity contribution >= 4 is 15.7 Å².